The molecule has 0 aliphatic heterocycles. The van der Waals surface area contributed by atoms with E-state index in [4.69, 9.17) is 4.74 Å². The normalized spacial score (nSPS) is 9.52. The summed E-state index contributed by atoms with van der Waals surface area (Å²) in [6, 6.07) is 35.5. The Morgan fingerprint density at radius 3 is 1.17 bits per heavy atom. The predicted octanol–water partition coefficient (Wildman–Crippen LogP) is 6.28. The van der Waals surface area contributed by atoms with Crippen LogP contribution < -0.4 is 4.74 Å². The van der Waals surface area contributed by atoms with Gasteiger partial charge in [0.1, 0.15) is 11.5 Å². The summed E-state index contributed by atoms with van der Waals surface area (Å²) in [6.07, 6.45) is 0. The van der Waals surface area contributed by atoms with Crippen LogP contribution in [-0.2, 0) is 0 Å². The van der Waals surface area contributed by atoms with E-state index in [-0.39, 0.29) is 0 Å². The van der Waals surface area contributed by atoms with Crippen molar-refractivity contribution in [3.8, 4) is 35.2 Å². The van der Waals surface area contributed by atoms with Crippen LogP contribution in [-0.4, -0.2) is 0 Å². The van der Waals surface area contributed by atoms with E-state index in [0.717, 1.165) is 33.8 Å². The summed E-state index contributed by atoms with van der Waals surface area (Å²) in [5.74, 6) is 14.3. The molecule has 4 aromatic carbocycles. The van der Waals surface area contributed by atoms with E-state index < -0.39 is 0 Å². The van der Waals surface area contributed by atoms with Gasteiger partial charge in [0, 0.05) is 22.3 Å². The minimum Gasteiger partial charge on any atom is -0.457 e. The van der Waals surface area contributed by atoms with Crippen LogP contribution in [0, 0.1) is 23.7 Å². The Kier molecular flexibility index (Phi) is 5.73. The molecule has 0 fully saturated rings. The lowest BCUT2D eigenvalue weighted by atomic mass is 10.1. The summed E-state index contributed by atoms with van der Waals surface area (Å²) in [6.45, 7) is 0. The average molecular weight is 370 g/mol. The largest absolute Gasteiger partial charge is 0.457 e. The van der Waals surface area contributed by atoms with Crippen molar-refractivity contribution in [2.75, 3.05) is 0 Å². The monoisotopic (exact) mass is 370 g/mol. The van der Waals surface area contributed by atoms with E-state index in [1.807, 2.05) is 109 Å². The molecule has 0 amide bonds. The zero-order valence-corrected chi connectivity index (χ0v) is 15.8. The maximum atomic E-state index is 5.80. The summed E-state index contributed by atoms with van der Waals surface area (Å²) >= 11 is 0. The Morgan fingerprint density at radius 1 is 0.345 bits per heavy atom. The topological polar surface area (TPSA) is 9.23 Å². The summed E-state index contributed by atoms with van der Waals surface area (Å²) in [4.78, 5) is 0. The zero-order valence-electron chi connectivity index (χ0n) is 15.8. The third-order valence-corrected chi connectivity index (χ3v) is 4.19. The van der Waals surface area contributed by atoms with Crippen molar-refractivity contribution in [3.05, 3.63) is 131 Å². The minimum atomic E-state index is 0.795. The van der Waals surface area contributed by atoms with Gasteiger partial charge in [-0.2, -0.15) is 0 Å². The lowest BCUT2D eigenvalue weighted by Crippen LogP contribution is -1.84. The second-order valence-corrected chi connectivity index (χ2v) is 6.38. The molecule has 0 aliphatic rings. The molecule has 0 spiro atoms. The molecule has 0 unspecified atom stereocenters. The number of benzene rings is 4. The van der Waals surface area contributed by atoms with E-state index in [1.165, 1.54) is 0 Å². The summed E-state index contributed by atoms with van der Waals surface area (Å²) in [7, 11) is 0. The van der Waals surface area contributed by atoms with Gasteiger partial charge in [0.2, 0.25) is 0 Å². The zero-order chi connectivity index (χ0) is 19.7. The molecule has 0 bridgehead atoms. The Hall–Kier alpha value is -4.20. The number of ether oxygens (including phenoxy) is 1. The van der Waals surface area contributed by atoms with Crippen LogP contribution in [0.4, 0.5) is 0 Å². The van der Waals surface area contributed by atoms with Gasteiger partial charge in [-0.1, -0.05) is 60.1 Å². The van der Waals surface area contributed by atoms with Crippen LogP contribution in [0.5, 0.6) is 11.5 Å². The molecule has 0 aromatic heterocycles. The SMILES string of the molecule is C(#Cc1ccc(C#Cc2ccc(Oc3ccccc3)cc2)cc1)c1ccccc1. The van der Waals surface area contributed by atoms with E-state index in [0.29, 0.717) is 0 Å². The fourth-order valence-corrected chi connectivity index (χ4v) is 2.68. The molecule has 0 radical (unpaired) electrons. The number of hydrogen-bond acceptors (Lipinski definition) is 1. The van der Waals surface area contributed by atoms with Crippen LogP contribution in [0.25, 0.3) is 0 Å². The van der Waals surface area contributed by atoms with Gasteiger partial charge in [0.15, 0.2) is 0 Å². The van der Waals surface area contributed by atoms with E-state index in [9.17, 15) is 0 Å². The first kappa shape index (κ1) is 18.2. The van der Waals surface area contributed by atoms with E-state index in [1.54, 1.807) is 0 Å². The number of hydrogen-bond donors (Lipinski definition) is 0. The molecule has 0 saturated carbocycles. The first-order valence-electron chi connectivity index (χ1n) is 9.37. The highest BCUT2D eigenvalue weighted by atomic mass is 16.5. The van der Waals surface area contributed by atoms with Crippen molar-refractivity contribution < 1.29 is 4.74 Å². The van der Waals surface area contributed by atoms with Crippen molar-refractivity contribution in [1.82, 2.24) is 0 Å². The molecule has 136 valence electrons. The summed E-state index contributed by atoms with van der Waals surface area (Å²) in [5, 5.41) is 0. The van der Waals surface area contributed by atoms with Gasteiger partial charge in [0.25, 0.3) is 0 Å². The second-order valence-electron chi connectivity index (χ2n) is 6.38. The molecule has 0 atom stereocenters. The fraction of sp³-hybridized carbons (Fsp3) is 0. The molecule has 0 saturated heterocycles. The van der Waals surface area contributed by atoms with Crippen molar-refractivity contribution in [2.45, 2.75) is 0 Å². The number of para-hydroxylation sites is 1. The second kappa shape index (κ2) is 9.14. The van der Waals surface area contributed by atoms with Crippen molar-refractivity contribution in [1.29, 1.82) is 0 Å². The van der Waals surface area contributed by atoms with Gasteiger partial charge in [-0.05, 0) is 72.8 Å². The number of rotatable bonds is 2. The Balaban J connectivity index is 1.40. The molecule has 1 heteroatoms. The standard InChI is InChI=1S/C28H18O/c1-3-7-23(8-4-1)11-12-24-13-15-25(16-14-24)17-18-26-19-21-28(22-20-26)29-27-9-5-2-6-10-27/h1-10,13-16,19-22H. The molecule has 1 nitrogen and oxygen atoms in total. The van der Waals surface area contributed by atoms with Crippen LogP contribution in [0.2, 0.25) is 0 Å². The fourth-order valence-electron chi connectivity index (χ4n) is 2.68. The van der Waals surface area contributed by atoms with E-state index in [2.05, 4.69) is 23.7 Å². The third kappa shape index (κ3) is 5.39. The van der Waals surface area contributed by atoms with Crippen molar-refractivity contribution in [3.63, 3.8) is 0 Å². The molecule has 0 aliphatic carbocycles. The third-order valence-electron chi connectivity index (χ3n) is 4.19. The summed E-state index contributed by atoms with van der Waals surface area (Å²) < 4.78 is 5.80. The lowest BCUT2D eigenvalue weighted by molar-refractivity contribution is 0.482. The van der Waals surface area contributed by atoms with Gasteiger partial charge in [-0.3, -0.25) is 0 Å². The highest BCUT2D eigenvalue weighted by Crippen LogP contribution is 2.20. The van der Waals surface area contributed by atoms with Gasteiger partial charge in [-0.25, -0.2) is 0 Å². The van der Waals surface area contributed by atoms with Crippen molar-refractivity contribution in [2.24, 2.45) is 0 Å². The molecule has 0 N–H and O–H groups in total. The smallest absolute Gasteiger partial charge is 0.127 e. The first-order chi connectivity index (χ1) is 14.3. The maximum Gasteiger partial charge on any atom is 0.127 e. The average Bonchev–Trinajstić information content (AvgIpc) is 2.79. The Bertz CT molecular complexity index is 1180. The quantitative estimate of drug-likeness (QED) is 0.377. The highest BCUT2D eigenvalue weighted by molar-refractivity contribution is 5.48. The molecule has 0 heterocycles. The van der Waals surface area contributed by atoms with Gasteiger partial charge in [0.05, 0.1) is 0 Å². The minimum absolute atomic E-state index is 0.795. The van der Waals surface area contributed by atoms with Crippen LogP contribution in [0.15, 0.2) is 109 Å². The lowest BCUT2D eigenvalue weighted by Gasteiger charge is -2.04. The first-order valence-corrected chi connectivity index (χ1v) is 9.37. The predicted molar refractivity (Wildman–Crippen MR) is 118 cm³/mol. The molecule has 29 heavy (non-hydrogen) atoms. The molecular weight excluding hydrogens is 352 g/mol. The van der Waals surface area contributed by atoms with E-state index >= 15 is 0 Å². The van der Waals surface area contributed by atoms with Crippen LogP contribution >= 0.6 is 0 Å². The Morgan fingerprint density at radius 2 is 0.690 bits per heavy atom. The van der Waals surface area contributed by atoms with Gasteiger partial charge >= 0.3 is 0 Å². The van der Waals surface area contributed by atoms with Crippen LogP contribution in [0.3, 0.4) is 0 Å². The Labute approximate surface area is 171 Å². The molecule has 4 aromatic rings. The van der Waals surface area contributed by atoms with Gasteiger partial charge < -0.3 is 4.74 Å². The van der Waals surface area contributed by atoms with Crippen molar-refractivity contribution >= 4 is 0 Å². The van der Waals surface area contributed by atoms with Crippen LogP contribution in [0.1, 0.15) is 22.3 Å². The van der Waals surface area contributed by atoms with Gasteiger partial charge in [-0.15, -0.1) is 0 Å². The summed E-state index contributed by atoms with van der Waals surface area (Å²) in [5.41, 5.74) is 3.89. The molecule has 4 rings (SSSR count). The molecular formula is C28H18O. The highest BCUT2D eigenvalue weighted by Gasteiger charge is 1.96. The maximum absolute atomic E-state index is 5.80.